The number of benzene rings is 3. The molecule has 0 aliphatic rings. The van der Waals surface area contributed by atoms with Crippen molar-refractivity contribution in [1.29, 1.82) is 0 Å². The second-order valence-electron chi connectivity index (χ2n) is 6.06. The quantitative estimate of drug-likeness (QED) is 0.311. The Morgan fingerprint density at radius 1 is 0.690 bits per heavy atom. The largest absolute Gasteiger partial charge is 0.506 e. The highest BCUT2D eigenvalue weighted by Gasteiger charge is 2.52. The van der Waals surface area contributed by atoms with Gasteiger partial charge in [-0.05, 0) is 18.2 Å². The van der Waals surface area contributed by atoms with Gasteiger partial charge in [-0.2, -0.15) is 8.42 Å². The zero-order valence-electron chi connectivity index (χ0n) is 14.3. The molecule has 0 saturated heterocycles. The summed E-state index contributed by atoms with van der Waals surface area (Å²) in [6, 6.07) is 11.9. The summed E-state index contributed by atoms with van der Waals surface area (Å²) in [5.74, 6) is -1.01. The minimum absolute atomic E-state index is 0.0373. The predicted octanol–water partition coefficient (Wildman–Crippen LogP) is 5.89. The van der Waals surface area contributed by atoms with E-state index < -0.39 is 26.4 Å². The third kappa shape index (κ3) is 3.54. The lowest BCUT2D eigenvalue weighted by molar-refractivity contribution is 0.440. The molecular formula is C19H12Cl4O5S. The third-order valence-corrected chi connectivity index (χ3v) is 7.11. The summed E-state index contributed by atoms with van der Waals surface area (Å²) >= 11 is 24.6. The van der Waals surface area contributed by atoms with Gasteiger partial charge in [0.15, 0.2) is 4.75 Å². The van der Waals surface area contributed by atoms with Crippen molar-refractivity contribution >= 4 is 56.5 Å². The number of hydrogen-bond donors (Lipinski definition) is 3. The van der Waals surface area contributed by atoms with Crippen LogP contribution in [-0.4, -0.2) is 23.2 Å². The van der Waals surface area contributed by atoms with Crippen molar-refractivity contribution in [2.24, 2.45) is 0 Å². The van der Waals surface area contributed by atoms with Crippen LogP contribution in [0.25, 0.3) is 0 Å². The summed E-state index contributed by atoms with van der Waals surface area (Å²) in [7, 11) is -5.13. The molecule has 1 unspecified atom stereocenters. The van der Waals surface area contributed by atoms with E-state index in [0.717, 1.165) is 12.1 Å². The molecule has 0 aliphatic heterocycles. The standard InChI is InChI=1S/C19H12Cl4O5S/c20-13-6-2-1-4-10(13)19(29(26,27)28,11-5-3-7-14(21)18(11)25)12-8-16(23)17(24)9-15(12)22/h1-9,24-25H,(H,26,27,28). The van der Waals surface area contributed by atoms with E-state index in [1.807, 2.05) is 0 Å². The summed E-state index contributed by atoms with van der Waals surface area (Å²) in [6.45, 7) is 0. The highest BCUT2D eigenvalue weighted by atomic mass is 35.5. The van der Waals surface area contributed by atoms with Crippen LogP contribution in [-0.2, 0) is 14.9 Å². The molecule has 1 atom stereocenters. The predicted molar refractivity (Wildman–Crippen MR) is 114 cm³/mol. The first kappa shape index (κ1) is 22.0. The third-order valence-electron chi connectivity index (χ3n) is 4.42. The molecule has 0 heterocycles. The lowest BCUT2D eigenvalue weighted by Gasteiger charge is -2.34. The van der Waals surface area contributed by atoms with E-state index in [1.54, 1.807) is 6.07 Å². The van der Waals surface area contributed by atoms with Crippen LogP contribution in [0.2, 0.25) is 20.1 Å². The summed E-state index contributed by atoms with van der Waals surface area (Å²) in [5.41, 5.74) is -0.648. The zero-order valence-corrected chi connectivity index (χ0v) is 18.1. The molecule has 0 bridgehead atoms. The highest BCUT2D eigenvalue weighted by Crippen LogP contribution is 2.53. The minimum atomic E-state index is -5.13. The molecule has 3 aromatic rings. The van der Waals surface area contributed by atoms with E-state index in [-0.39, 0.29) is 36.8 Å². The van der Waals surface area contributed by atoms with Gasteiger partial charge in [-0.15, -0.1) is 0 Å². The van der Waals surface area contributed by atoms with E-state index in [4.69, 9.17) is 46.4 Å². The van der Waals surface area contributed by atoms with Gasteiger partial charge in [-0.3, -0.25) is 4.55 Å². The molecule has 0 aromatic heterocycles. The fourth-order valence-electron chi connectivity index (χ4n) is 3.20. The lowest BCUT2D eigenvalue weighted by Crippen LogP contribution is -2.39. The molecule has 0 spiro atoms. The van der Waals surface area contributed by atoms with Gasteiger partial charge in [0.25, 0.3) is 10.1 Å². The number of halogens is 4. The molecule has 0 amide bonds. The van der Waals surface area contributed by atoms with Crippen LogP contribution in [0.1, 0.15) is 16.7 Å². The Kier molecular flexibility index (Phi) is 5.98. The van der Waals surface area contributed by atoms with Crippen LogP contribution < -0.4 is 0 Å². The summed E-state index contributed by atoms with van der Waals surface area (Å²) in [4.78, 5) is 0. The molecule has 0 saturated carbocycles. The first-order valence-electron chi connectivity index (χ1n) is 7.90. The van der Waals surface area contributed by atoms with Crippen LogP contribution in [0, 0.1) is 0 Å². The van der Waals surface area contributed by atoms with E-state index >= 15 is 0 Å². The maximum absolute atomic E-state index is 13.0. The monoisotopic (exact) mass is 492 g/mol. The smallest absolute Gasteiger partial charge is 0.283 e. The van der Waals surface area contributed by atoms with Crippen molar-refractivity contribution in [3.05, 3.63) is 91.4 Å². The molecular weight excluding hydrogens is 482 g/mol. The van der Waals surface area contributed by atoms with Crippen LogP contribution in [0.15, 0.2) is 54.6 Å². The molecule has 0 fully saturated rings. The molecule has 152 valence electrons. The van der Waals surface area contributed by atoms with Crippen molar-refractivity contribution in [2.75, 3.05) is 0 Å². The average molecular weight is 494 g/mol. The lowest BCUT2D eigenvalue weighted by atomic mass is 9.83. The van der Waals surface area contributed by atoms with E-state index in [1.165, 1.54) is 36.4 Å². The molecule has 29 heavy (non-hydrogen) atoms. The average Bonchev–Trinajstić information content (AvgIpc) is 2.63. The topological polar surface area (TPSA) is 94.8 Å². The molecule has 3 rings (SSSR count). The SMILES string of the molecule is O=S(=O)(O)C(c1ccccc1Cl)(c1cc(Cl)c(O)cc1Cl)c1cccc(Cl)c1O. The first-order valence-corrected chi connectivity index (χ1v) is 10.9. The Morgan fingerprint density at radius 3 is 1.90 bits per heavy atom. The first-order chi connectivity index (χ1) is 13.5. The van der Waals surface area contributed by atoms with Crippen LogP contribution in [0.5, 0.6) is 11.5 Å². The molecule has 5 nitrogen and oxygen atoms in total. The molecule has 3 N–H and O–H groups in total. The van der Waals surface area contributed by atoms with E-state index in [2.05, 4.69) is 0 Å². The summed E-state index contributed by atoms with van der Waals surface area (Å²) < 4.78 is 34.0. The van der Waals surface area contributed by atoms with Crippen molar-refractivity contribution in [2.45, 2.75) is 4.75 Å². The Balaban J connectivity index is 2.66. The second kappa shape index (κ2) is 7.87. The van der Waals surface area contributed by atoms with Crippen molar-refractivity contribution < 1.29 is 23.2 Å². The van der Waals surface area contributed by atoms with E-state index in [9.17, 15) is 23.2 Å². The van der Waals surface area contributed by atoms with Crippen LogP contribution >= 0.6 is 46.4 Å². The Bertz CT molecular complexity index is 1210. The van der Waals surface area contributed by atoms with Gasteiger partial charge in [0, 0.05) is 32.8 Å². The molecule has 3 aromatic carbocycles. The Labute approximate surface area is 186 Å². The minimum Gasteiger partial charge on any atom is -0.506 e. The molecule has 0 aliphatic carbocycles. The fourth-order valence-corrected chi connectivity index (χ4v) is 5.58. The number of hydrogen-bond acceptors (Lipinski definition) is 4. The zero-order chi connectivity index (χ0) is 21.6. The number of aromatic hydroxyl groups is 2. The normalized spacial score (nSPS) is 13.8. The summed E-state index contributed by atoms with van der Waals surface area (Å²) in [5, 5.41) is 19.8. The highest BCUT2D eigenvalue weighted by molar-refractivity contribution is 7.87. The van der Waals surface area contributed by atoms with Crippen molar-refractivity contribution in [3.63, 3.8) is 0 Å². The maximum atomic E-state index is 13.0. The summed E-state index contributed by atoms with van der Waals surface area (Å²) in [6.07, 6.45) is 0. The van der Waals surface area contributed by atoms with Gasteiger partial charge in [0.1, 0.15) is 11.5 Å². The number of rotatable bonds is 4. The molecule has 10 heteroatoms. The molecule has 0 radical (unpaired) electrons. The maximum Gasteiger partial charge on any atom is 0.283 e. The van der Waals surface area contributed by atoms with Crippen LogP contribution in [0.3, 0.4) is 0 Å². The fraction of sp³-hybridized carbons (Fsp3) is 0.0526. The van der Waals surface area contributed by atoms with Gasteiger partial charge >= 0.3 is 0 Å². The van der Waals surface area contributed by atoms with Crippen molar-refractivity contribution in [3.8, 4) is 11.5 Å². The van der Waals surface area contributed by atoms with Gasteiger partial charge in [0.2, 0.25) is 0 Å². The van der Waals surface area contributed by atoms with Gasteiger partial charge in [-0.1, -0.05) is 76.7 Å². The Morgan fingerprint density at radius 2 is 1.28 bits per heavy atom. The second-order valence-corrected chi connectivity index (χ2v) is 9.25. The Hall–Kier alpha value is -1.67. The van der Waals surface area contributed by atoms with E-state index in [0.29, 0.717) is 0 Å². The van der Waals surface area contributed by atoms with Gasteiger partial charge in [-0.25, -0.2) is 0 Å². The van der Waals surface area contributed by atoms with Crippen LogP contribution in [0.4, 0.5) is 0 Å². The number of phenolic OH excluding ortho intramolecular Hbond substituents is 2. The van der Waals surface area contributed by atoms with Gasteiger partial charge < -0.3 is 10.2 Å². The van der Waals surface area contributed by atoms with Crippen molar-refractivity contribution in [1.82, 2.24) is 0 Å². The van der Waals surface area contributed by atoms with Gasteiger partial charge in [0.05, 0.1) is 10.0 Å². The number of para-hydroxylation sites is 1. The number of phenols is 2.